The molecule has 2 aromatic rings. The maximum absolute atomic E-state index is 13.5. The minimum Gasteiger partial charge on any atom is -0.593 e. The number of benzene rings is 2. The summed E-state index contributed by atoms with van der Waals surface area (Å²) in [7, 11) is 4.16. The van der Waals surface area contributed by atoms with Gasteiger partial charge >= 0.3 is 0 Å². The number of aryl methyl sites for hydroxylation is 1. The normalized spacial score (nSPS) is 32.3. The molecule has 1 aliphatic carbocycles. The van der Waals surface area contributed by atoms with Gasteiger partial charge in [-0.25, -0.2) is 0 Å². The zero-order valence-corrected chi connectivity index (χ0v) is 30.0. The van der Waals surface area contributed by atoms with Gasteiger partial charge in [0.05, 0.1) is 29.8 Å². The van der Waals surface area contributed by atoms with E-state index in [1.807, 2.05) is 25.1 Å². The van der Waals surface area contributed by atoms with Crippen molar-refractivity contribution < 1.29 is 23.6 Å². The smallest absolute Gasteiger partial charge is 0.292 e. The molecule has 10 heteroatoms. The van der Waals surface area contributed by atoms with Crippen LogP contribution in [0.3, 0.4) is 0 Å². The molecule has 0 aromatic heterocycles. The third-order valence-electron chi connectivity index (χ3n) is 10.9. The Balaban J connectivity index is 1.32. The molecule has 6 rings (SSSR count). The zero-order chi connectivity index (χ0) is 33.1. The van der Waals surface area contributed by atoms with Crippen molar-refractivity contribution in [2.45, 2.75) is 89.5 Å². The molecule has 1 amide bonds. The molecule has 3 aliphatic heterocycles. The van der Waals surface area contributed by atoms with Crippen molar-refractivity contribution >= 4 is 34.6 Å². The van der Waals surface area contributed by atoms with Crippen LogP contribution in [0.4, 0.5) is 5.69 Å². The standard InChI is InChI=1S/C37H52ClN3O5S/c1-24-8-7-10-33(37-45-23-31(46-37)21-40(3)4)32-15-12-28(32)20-41-17-6-5-9-26-18-30(38)14-11-29(26)22-44-35-16-13-27(19-34(35)41)36(42)39-47(43)25(24)2/h11,13-14,16,18-19,24-25,28,31-33,37H,5-10,12,15,17,20-23H2,1-4H3,(H,39,42)/t24-,25+,28-,31-,32+,33-,37+,47?/m0/s1. The van der Waals surface area contributed by atoms with Crippen LogP contribution in [-0.4, -0.2) is 73.3 Å². The molecule has 8 atom stereocenters. The molecule has 0 spiro atoms. The van der Waals surface area contributed by atoms with E-state index < -0.39 is 11.4 Å². The molecule has 4 aliphatic rings. The average Bonchev–Trinajstić information content (AvgIpc) is 3.48. The number of anilines is 1. The highest BCUT2D eigenvalue weighted by Gasteiger charge is 2.45. The number of hydrogen-bond acceptors (Lipinski definition) is 7. The van der Waals surface area contributed by atoms with Gasteiger partial charge in [0.1, 0.15) is 17.6 Å². The van der Waals surface area contributed by atoms with Crippen molar-refractivity contribution in [1.82, 2.24) is 9.62 Å². The number of halogens is 1. The number of likely N-dealkylation sites (N-methyl/N-ethyl adjacent to an activating group) is 1. The minimum atomic E-state index is -1.50. The molecule has 258 valence electrons. The highest BCUT2D eigenvalue weighted by atomic mass is 35.5. The lowest BCUT2D eigenvalue weighted by molar-refractivity contribution is -0.134. The summed E-state index contributed by atoms with van der Waals surface area (Å²) in [6, 6.07) is 11.7. The summed E-state index contributed by atoms with van der Waals surface area (Å²) in [5.41, 5.74) is 3.79. The SMILES string of the molecule is C[C@@H]1[C@@H](C)CCC[C@H]([C@@H]2OC[C@H](CN(C)C)O2)[C@@H]2CC[C@H]2CN2CCCCc3cc(Cl)ccc3COc3ccc(cc32)C(=O)N[S+]1[O-]. The number of rotatable bonds is 3. The number of fused-ring (bicyclic) bond motifs is 3. The maximum Gasteiger partial charge on any atom is 0.292 e. The van der Waals surface area contributed by atoms with Crippen LogP contribution in [0.15, 0.2) is 36.4 Å². The van der Waals surface area contributed by atoms with E-state index >= 15 is 0 Å². The summed E-state index contributed by atoms with van der Waals surface area (Å²) >= 11 is 4.88. The van der Waals surface area contributed by atoms with Crippen LogP contribution in [-0.2, 0) is 33.9 Å². The van der Waals surface area contributed by atoms with Crippen LogP contribution < -0.4 is 14.4 Å². The molecule has 3 heterocycles. The molecule has 2 aromatic carbocycles. The Morgan fingerprint density at radius 2 is 1.87 bits per heavy atom. The van der Waals surface area contributed by atoms with Crippen molar-refractivity contribution in [2.24, 2.45) is 23.7 Å². The van der Waals surface area contributed by atoms with E-state index in [-0.39, 0.29) is 29.5 Å². The number of nitrogens with zero attached hydrogens (tertiary/aromatic N) is 2. The van der Waals surface area contributed by atoms with Crippen molar-refractivity contribution in [3.63, 3.8) is 0 Å². The van der Waals surface area contributed by atoms with E-state index in [4.69, 9.17) is 25.8 Å². The second-order valence-corrected chi connectivity index (χ2v) is 16.5. The Morgan fingerprint density at radius 1 is 1.02 bits per heavy atom. The van der Waals surface area contributed by atoms with E-state index in [9.17, 15) is 9.35 Å². The third kappa shape index (κ3) is 8.42. The van der Waals surface area contributed by atoms with Crippen LogP contribution in [0.1, 0.15) is 80.3 Å². The molecular weight excluding hydrogens is 634 g/mol. The van der Waals surface area contributed by atoms with Gasteiger partial charge in [0.25, 0.3) is 5.91 Å². The first-order valence-corrected chi connectivity index (χ1v) is 19.2. The van der Waals surface area contributed by atoms with Gasteiger partial charge in [-0.2, -0.15) is 4.72 Å². The number of carbonyl (C=O) groups is 1. The van der Waals surface area contributed by atoms with Gasteiger partial charge in [-0.05, 0) is 119 Å². The summed E-state index contributed by atoms with van der Waals surface area (Å²) < 4.78 is 35.7. The Labute approximate surface area is 289 Å². The fourth-order valence-electron chi connectivity index (χ4n) is 7.86. The molecule has 2 bridgehead atoms. The second kappa shape index (κ2) is 15.7. The van der Waals surface area contributed by atoms with Gasteiger partial charge in [-0.3, -0.25) is 4.79 Å². The highest BCUT2D eigenvalue weighted by Crippen LogP contribution is 2.47. The van der Waals surface area contributed by atoms with E-state index in [0.717, 1.165) is 86.6 Å². The number of ether oxygens (including phenoxy) is 3. The molecule has 2 fully saturated rings. The molecule has 1 saturated carbocycles. The zero-order valence-electron chi connectivity index (χ0n) is 28.4. The summed E-state index contributed by atoms with van der Waals surface area (Å²) in [6.07, 6.45) is 8.18. The minimum absolute atomic E-state index is 0.0892. The highest BCUT2D eigenvalue weighted by molar-refractivity contribution is 7.90. The predicted molar refractivity (Wildman–Crippen MR) is 188 cm³/mol. The first-order chi connectivity index (χ1) is 22.7. The first kappa shape index (κ1) is 34.8. The summed E-state index contributed by atoms with van der Waals surface area (Å²) in [5, 5.41) is 0.578. The van der Waals surface area contributed by atoms with E-state index in [0.29, 0.717) is 36.5 Å². The Hall–Kier alpha value is -2.01. The fraction of sp³-hybridized carbons (Fsp3) is 0.649. The molecule has 1 unspecified atom stereocenters. The monoisotopic (exact) mass is 685 g/mol. The molecule has 47 heavy (non-hydrogen) atoms. The topological polar surface area (TPSA) is 86.3 Å². The average molecular weight is 686 g/mol. The van der Waals surface area contributed by atoms with Gasteiger partial charge in [-0.1, -0.05) is 31.0 Å². The van der Waals surface area contributed by atoms with Crippen LogP contribution in [0.25, 0.3) is 0 Å². The third-order valence-corrected chi connectivity index (χ3v) is 12.7. The first-order valence-electron chi connectivity index (χ1n) is 17.6. The van der Waals surface area contributed by atoms with Gasteiger partial charge < -0.3 is 28.6 Å². The Morgan fingerprint density at radius 3 is 2.66 bits per heavy atom. The lowest BCUT2D eigenvalue weighted by Crippen LogP contribution is -2.45. The number of hydrogen-bond donors (Lipinski definition) is 1. The number of carbonyl (C=O) groups excluding carboxylic acids is 1. The maximum atomic E-state index is 13.5. The quantitative estimate of drug-likeness (QED) is 0.364. The summed E-state index contributed by atoms with van der Waals surface area (Å²) in [5.74, 6) is 1.94. The lowest BCUT2D eigenvalue weighted by Gasteiger charge is -2.46. The van der Waals surface area contributed by atoms with Gasteiger partial charge in [0.2, 0.25) is 0 Å². The molecule has 1 N–H and O–H groups in total. The lowest BCUT2D eigenvalue weighted by atomic mass is 9.65. The molecule has 0 radical (unpaired) electrons. The Bertz CT molecular complexity index is 1380. The van der Waals surface area contributed by atoms with Gasteiger partial charge in [0.15, 0.2) is 6.29 Å². The second-order valence-electron chi connectivity index (χ2n) is 14.5. The summed E-state index contributed by atoms with van der Waals surface area (Å²) in [6.45, 7) is 7.78. The van der Waals surface area contributed by atoms with Crippen molar-refractivity contribution in [3.05, 3.63) is 58.1 Å². The van der Waals surface area contributed by atoms with Crippen molar-refractivity contribution in [2.75, 3.05) is 45.2 Å². The number of nitrogens with one attached hydrogen (secondary N) is 1. The molecular formula is C37H52ClN3O5S. The predicted octanol–water partition coefficient (Wildman–Crippen LogP) is 6.61. The Kier molecular flexibility index (Phi) is 11.6. The van der Waals surface area contributed by atoms with Gasteiger partial charge in [-0.15, -0.1) is 0 Å². The molecule has 8 nitrogen and oxygen atoms in total. The van der Waals surface area contributed by atoms with Crippen molar-refractivity contribution in [3.8, 4) is 5.75 Å². The van der Waals surface area contributed by atoms with Crippen LogP contribution >= 0.6 is 11.6 Å². The fourth-order valence-corrected chi connectivity index (χ4v) is 9.10. The summed E-state index contributed by atoms with van der Waals surface area (Å²) in [4.78, 5) is 18.1. The number of amides is 1. The largest absolute Gasteiger partial charge is 0.593 e. The van der Waals surface area contributed by atoms with E-state index in [2.05, 4.69) is 47.7 Å². The van der Waals surface area contributed by atoms with E-state index in [1.165, 1.54) is 12.0 Å². The van der Waals surface area contributed by atoms with Crippen LogP contribution in [0.5, 0.6) is 5.75 Å². The van der Waals surface area contributed by atoms with Gasteiger partial charge in [0, 0.05) is 42.1 Å². The van der Waals surface area contributed by atoms with Crippen LogP contribution in [0, 0.1) is 23.7 Å². The van der Waals surface area contributed by atoms with E-state index in [1.54, 1.807) is 6.07 Å². The molecule has 1 saturated heterocycles. The van der Waals surface area contributed by atoms with Crippen LogP contribution in [0.2, 0.25) is 5.02 Å². The van der Waals surface area contributed by atoms with Crippen molar-refractivity contribution in [1.29, 1.82) is 0 Å².